The Hall–Kier alpha value is -1.62. The van der Waals surface area contributed by atoms with Crippen molar-refractivity contribution < 1.29 is 14.1 Å². The molecule has 0 amide bonds. The van der Waals surface area contributed by atoms with Crippen LogP contribution < -0.4 is 0 Å². The van der Waals surface area contributed by atoms with Crippen molar-refractivity contribution in [1.29, 1.82) is 5.26 Å². The highest BCUT2D eigenvalue weighted by atomic mass is 32.2. The lowest BCUT2D eigenvalue weighted by Gasteiger charge is -2.32. The second-order valence-corrected chi connectivity index (χ2v) is 7.79. The Morgan fingerprint density at radius 3 is 2.54 bits per heavy atom. The smallest absolute Gasteiger partial charge is 0.400 e. The molecule has 24 heavy (non-hydrogen) atoms. The zero-order chi connectivity index (χ0) is 18.0. The van der Waals surface area contributed by atoms with Crippen molar-refractivity contribution in [2.75, 3.05) is 5.75 Å². The normalized spacial score (nSPS) is 19.2. The molecular weight excluding hydrogens is 323 g/mol. The largest absolute Gasteiger partial charge is 0.491 e. The van der Waals surface area contributed by atoms with E-state index in [1.807, 2.05) is 27.7 Å². The van der Waals surface area contributed by atoms with E-state index in [4.69, 9.17) is 9.31 Å². The maximum atomic E-state index is 11.4. The Morgan fingerprint density at radius 1 is 1.38 bits per heavy atom. The van der Waals surface area contributed by atoms with E-state index in [-0.39, 0.29) is 5.12 Å². The molecule has 1 saturated heterocycles. The SMILES string of the molecule is CC(=O)SCC(=Cc1ncccc1C#N)B1OC(C)(C)C(C)(C)O1. The van der Waals surface area contributed by atoms with Gasteiger partial charge in [0.25, 0.3) is 0 Å². The van der Waals surface area contributed by atoms with E-state index in [0.717, 1.165) is 5.47 Å². The van der Waals surface area contributed by atoms with Crippen molar-refractivity contribution in [3.63, 3.8) is 0 Å². The Morgan fingerprint density at radius 2 is 2.00 bits per heavy atom. The molecule has 0 atom stereocenters. The second kappa shape index (κ2) is 7.10. The van der Waals surface area contributed by atoms with Gasteiger partial charge in [-0.1, -0.05) is 11.8 Å². The average Bonchev–Trinajstić information content (AvgIpc) is 2.71. The van der Waals surface area contributed by atoms with Crippen LogP contribution in [-0.4, -0.2) is 34.2 Å². The van der Waals surface area contributed by atoms with Gasteiger partial charge in [-0.25, -0.2) is 0 Å². The number of pyridine rings is 1. The third kappa shape index (κ3) is 4.07. The van der Waals surface area contributed by atoms with E-state index in [0.29, 0.717) is 17.0 Å². The molecule has 1 aromatic heterocycles. The van der Waals surface area contributed by atoms with Crippen molar-refractivity contribution in [3.05, 3.63) is 35.1 Å². The van der Waals surface area contributed by atoms with Crippen LogP contribution in [0.3, 0.4) is 0 Å². The predicted octanol–water partition coefficient (Wildman–Crippen LogP) is 3.25. The Kier molecular flexibility index (Phi) is 5.54. The number of hydrogen-bond donors (Lipinski definition) is 0. The number of carbonyl (C=O) groups excluding carboxylic acids is 1. The monoisotopic (exact) mass is 344 g/mol. The average molecular weight is 344 g/mol. The molecule has 126 valence electrons. The first-order chi connectivity index (χ1) is 11.2. The van der Waals surface area contributed by atoms with E-state index < -0.39 is 18.3 Å². The molecule has 0 aromatic carbocycles. The first-order valence-electron chi connectivity index (χ1n) is 7.71. The summed E-state index contributed by atoms with van der Waals surface area (Å²) in [7, 11) is -0.574. The van der Waals surface area contributed by atoms with Crippen LogP contribution in [0.2, 0.25) is 0 Å². The van der Waals surface area contributed by atoms with Crippen LogP contribution in [0.4, 0.5) is 0 Å². The minimum absolute atomic E-state index is 0.0129. The highest BCUT2D eigenvalue weighted by molar-refractivity contribution is 8.13. The predicted molar refractivity (Wildman–Crippen MR) is 96.2 cm³/mol. The molecular formula is C17H21BN2O3S. The fourth-order valence-electron chi connectivity index (χ4n) is 2.16. The van der Waals surface area contributed by atoms with Gasteiger partial charge in [0.05, 0.1) is 22.5 Å². The molecule has 0 spiro atoms. The van der Waals surface area contributed by atoms with Crippen LogP contribution >= 0.6 is 11.8 Å². The van der Waals surface area contributed by atoms with Crippen LogP contribution in [0.5, 0.6) is 0 Å². The zero-order valence-electron chi connectivity index (χ0n) is 14.6. The Balaban J connectivity index is 2.38. The topological polar surface area (TPSA) is 72.2 Å². The van der Waals surface area contributed by atoms with Crippen molar-refractivity contribution in [2.45, 2.75) is 45.8 Å². The summed E-state index contributed by atoms with van der Waals surface area (Å²) in [5, 5.41) is 9.25. The van der Waals surface area contributed by atoms with Gasteiger partial charge >= 0.3 is 7.12 Å². The van der Waals surface area contributed by atoms with Gasteiger partial charge in [-0.15, -0.1) is 0 Å². The summed E-state index contributed by atoms with van der Waals surface area (Å²) in [4.78, 5) is 15.6. The molecule has 0 N–H and O–H groups in total. The molecule has 1 aliphatic heterocycles. The van der Waals surface area contributed by atoms with Crippen molar-refractivity contribution in [2.24, 2.45) is 0 Å². The highest BCUT2D eigenvalue weighted by Crippen LogP contribution is 2.39. The molecule has 2 rings (SSSR count). The lowest BCUT2D eigenvalue weighted by Crippen LogP contribution is -2.41. The van der Waals surface area contributed by atoms with Gasteiger partial charge in [0.15, 0.2) is 5.12 Å². The van der Waals surface area contributed by atoms with Crippen molar-refractivity contribution >= 4 is 30.1 Å². The van der Waals surface area contributed by atoms with Crippen LogP contribution in [-0.2, 0) is 14.1 Å². The number of carbonyl (C=O) groups is 1. The van der Waals surface area contributed by atoms with Gasteiger partial charge in [-0.3, -0.25) is 9.78 Å². The first-order valence-corrected chi connectivity index (χ1v) is 8.69. The molecule has 0 saturated carbocycles. The maximum absolute atomic E-state index is 11.4. The fourth-order valence-corrected chi connectivity index (χ4v) is 2.75. The number of thioether (sulfide) groups is 1. The van der Waals surface area contributed by atoms with Crippen LogP contribution in [0, 0.1) is 11.3 Å². The molecule has 1 aromatic rings. The van der Waals surface area contributed by atoms with Crippen molar-refractivity contribution in [3.8, 4) is 6.07 Å². The summed E-state index contributed by atoms with van der Waals surface area (Å²) < 4.78 is 12.2. The van der Waals surface area contributed by atoms with Gasteiger partial charge in [0.2, 0.25) is 0 Å². The Labute approximate surface area is 147 Å². The van der Waals surface area contributed by atoms with Crippen LogP contribution in [0.1, 0.15) is 45.9 Å². The summed E-state index contributed by atoms with van der Waals surface area (Å²) in [6.07, 6.45) is 3.42. The number of nitriles is 1. The summed E-state index contributed by atoms with van der Waals surface area (Å²) in [6.45, 7) is 9.43. The molecule has 0 aliphatic carbocycles. The van der Waals surface area contributed by atoms with E-state index in [9.17, 15) is 10.1 Å². The molecule has 1 aliphatic rings. The molecule has 0 bridgehead atoms. The fraction of sp³-hybridized carbons (Fsp3) is 0.471. The van der Waals surface area contributed by atoms with Crippen molar-refractivity contribution in [1.82, 2.24) is 4.98 Å². The molecule has 5 nitrogen and oxygen atoms in total. The van der Waals surface area contributed by atoms with Crippen LogP contribution in [0.25, 0.3) is 6.08 Å². The maximum Gasteiger partial charge on any atom is 0.491 e. The summed E-state index contributed by atoms with van der Waals surface area (Å²) in [5.41, 5.74) is 0.858. The van der Waals surface area contributed by atoms with Gasteiger partial charge < -0.3 is 9.31 Å². The van der Waals surface area contributed by atoms with E-state index in [1.165, 1.54) is 18.7 Å². The second-order valence-electron chi connectivity index (χ2n) is 6.64. The lowest BCUT2D eigenvalue weighted by molar-refractivity contribution is -0.109. The van der Waals surface area contributed by atoms with E-state index in [2.05, 4.69) is 11.1 Å². The van der Waals surface area contributed by atoms with Gasteiger partial charge in [-0.2, -0.15) is 5.26 Å². The molecule has 0 unspecified atom stereocenters. The summed E-state index contributed by atoms with van der Waals surface area (Å²) >= 11 is 1.18. The molecule has 0 radical (unpaired) electrons. The highest BCUT2D eigenvalue weighted by Gasteiger charge is 2.52. The third-order valence-electron chi connectivity index (χ3n) is 4.28. The summed E-state index contributed by atoms with van der Waals surface area (Å²) in [6, 6.07) is 5.55. The minimum atomic E-state index is -0.574. The number of nitrogens with zero attached hydrogens (tertiary/aromatic N) is 2. The third-order valence-corrected chi connectivity index (χ3v) is 5.16. The number of aromatic nitrogens is 1. The van der Waals surface area contributed by atoms with Crippen LogP contribution in [0.15, 0.2) is 23.8 Å². The molecule has 2 heterocycles. The Bertz CT molecular complexity index is 694. The standard InChI is InChI=1S/C17H21BN2O3S/c1-12(21)24-11-14(9-15-13(10-19)7-6-8-20-15)18-22-16(2,3)17(4,5)23-18/h6-9H,11H2,1-5H3. The van der Waals surface area contributed by atoms with Gasteiger partial charge in [0, 0.05) is 18.9 Å². The number of rotatable bonds is 4. The zero-order valence-corrected chi connectivity index (χ0v) is 15.4. The van der Waals surface area contributed by atoms with Gasteiger partial charge in [-0.05, 0) is 51.4 Å². The quantitative estimate of drug-likeness (QED) is 0.781. The first kappa shape index (κ1) is 18.7. The minimum Gasteiger partial charge on any atom is -0.400 e. The lowest BCUT2D eigenvalue weighted by atomic mass is 9.78. The van der Waals surface area contributed by atoms with E-state index in [1.54, 1.807) is 24.4 Å². The molecule has 7 heteroatoms. The summed E-state index contributed by atoms with van der Waals surface area (Å²) in [5.74, 6) is 0.424. The molecule has 1 fully saturated rings. The van der Waals surface area contributed by atoms with Gasteiger partial charge in [0.1, 0.15) is 6.07 Å². The van der Waals surface area contributed by atoms with E-state index >= 15 is 0 Å². The number of hydrogen-bond acceptors (Lipinski definition) is 6.